The first kappa shape index (κ1) is 51.7. The van der Waals surface area contributed by atoms with Crippen LogP contribution in [0.5, 0.6) is 0 Å². The molecule has 312 valence electrons. The number of esters is 2. The highest BCUT2D eigenvalue weighted by Gasteiger charge is 2.26. The highest BCUT2D eigenvalue weighted by Crippen LogP contribution is 2.43. The van der Waals surface area contributed by atoms with Gasteiger partial charge in [-0.1, -0.05) is 139 Å². The largest absolute Gasteiger partial charge is 0.472 e. The van der Waals surface area contributed by atoms with E-state index in [2.05, 4.69) is 79.9 Å². The fourth-order valence-electron chi connectivity index (χ4n) is 5.42. The third-order valence-electron chi connectivity index (χ3n) is 8.62. The normalized spacial score (nSPS) is 13.9. The molecule has 0 bridgehead atoms. The fourth-order valence-corrected chi connectivity index (χ4v) is 6.17. The maximum atomic E-state index is 12.6. The van der Waals surface area contributed by atoms with Crippen LogP contribution in [0, 0.1) is 0 Å². The number of phosphoric ester groups is 1. The molecule has 0 amide bonds. The molecule has 2 unspecified atom stereocenters. The smallest absolute Gasteiger partial charge is 0.462 e. The van der Waals surface area contributed by atoms with E-state index in [0.29, 0.717) is 13.0 Å². The molecule has 0 rings (SSSR count). The summed E-state index contributed by atoms with van der Waals surface area (Å²) in [6.45, 7) is 4.05. The fraction of sp³-hybridized carbons (Fsp3) is 0.727. The van der Waals surface area contributed by atoms with Crippen LogP contribution in [0.25, 0.3) is 0 Å². The minimum absolute atomic E-state index is 0.0258. The molecule has 0 radical (unpaired) electrons. The summed E-state index contributed by atoms with van der Waals surface area (Å²) in [5.41, 5.74) is 0. The summed E-state index contributed by atoms with van der Waals surface area (Å²) in [5, 5.41) is 2.82. The topological polar surface area (TPSA) is 120 Å². The zero-order valence-electron chi connectivity index (χ0n) is 34.4. The Labute approximate surface area is 330 Å². The summed E-state index contributed by atoms with van der Waals surface area (Å²) in [6, 6.07) is 0. The van der Waals surface area contributed by atoms with Crippen molar-refractivity contribution in [2.45, 2.75) is 174 Å². The molecule has 9 nitrogen and oxygen atoms in total. The quantitative estimate of drug-likeness (QED) is 0.0272. The minimum atomic E-state index is -4.36. The van der Waals surface area contributed by atoms with Gasteiger partial charge in [0.2, 0.25) is 0 Å². The van der Waals surface area contributed by atoms with Gasteiger partial charge in [0.1, 0.15) is 6.61 Å². The van der Waals surface area contributed by atoms with E-state index in [4.69, 9.17) is 18.5 Å². The summed E-state index contributed by atoms with van der Waals surface area (Å²) in [4.78, 5) is 35.0. The van der Waals surface area contributed by atoms with Crippen molar-refractivity contribution in [3.63, 3.8) is 0 Å². The Kier molecular flexibility index (Phi) is 38.7. The van der Waals surface area contributed by atoms with Gasteiger partial charge in [-0.2, -0.15) is 0 Å². The van der Waals surface area contributed by atoms with Crippen molar-refractivity contribution in [3.05, 3.63) is 60.8 Å². The highest BCUT2D eigenvalue weighted by atomic mass is 31.2. The molecular weight excluding hydrogens is 701 g/mol. The van der Waals surface area contributed by atoms with Crippen molar-refractivity contribution in [3.8, 4) is 0 Å². The first-order chi connectivity index (χ1) is 26.3. The van der Waals surface area contributed by atoms with Crippen LogP contribution >= 0.6 is 7.82 Å². The number of unbranched alkanes of at least 4 members (excludes halogenated alkanes) is 15. The van der Waals surface area contributed by atoms with E-state index in [0.717, 1.165) is 89.9 Å². The third kappa shape index (κ3) is 39.4. The minimum Gasteiger partial charge on any atom is -0.462 e. The molecule has 10 heteroatoms. The van der Waals surface area contributed by atoms with Crippen molar-refractivity contribution in [2.24, 2.45) is 0 Å². The molecule has 0 aliphatic carbocycles. The van der Waals surface area contributed by atoms with Gasteiger partial charge in [-0.05, 0) is 84.1 Å². The molecule has 0 spiro atoms. The van der Waals surface area contributed by atoms with E-state index in [9.17, 15) is 19.0 Å². The second-order valence-corrected chi connectivity index (χ2v) is 15.2. The van der Waals surface area contributed by atoms with Crippen molar-refractivity contribution in [2.75, 3.05) is 33.4 Å². The van der Waals surface area contributed by atoms with Crippen molar-refractivity contribution in [1.29, 1.82) is 0 Å². The number of carbonyl (C=O) groups is 2. The van der Waals surface area contributed by atoms with Gasteiger partial charge in [0.25, 0.3) is 0 Å². The van der Waals surface area contributed by atoms with E-state index >= 15 is 0 Å². The summed E-state index contributed by atoms with van der Waals surface area (Å²) in [7, 11) is -2.67. The average Bonchev–Trinajstić information content (AvgIpc) is 3.15. The lowest BCUT2D eigenvalue weighted by molar-refractivity contribution is -0.161. The second-order valence-electron chi connectivity index (χ2n) is 13.8. The maximum Gasteiger partial charge on any atom is 0.472 e. The number of allylic oxidation sites excluding steroid dienone is 10. The summed E-state index contributed by atoms with van der Waals surface area (Å²) >= 11 is 0. The van der Waals surface area contributed by atoms with E-state index in [1.54, 1.807) is 7.05 Å². The highest BCUT2D eigenvalue weighted by molar-refractivity contribution is 7.47. The average molecular weight is 780 g/mol. The summed E-state index contributed by atoms with van der Waals surface area (Å²) in [6.07, 6.45) is 45.5. The van der Waals surface area contributed by atoms with Crippen LogP contribution in [0.1, 0.15) is 168 Å². The van der Waals surface area contributed by atoms with Gasteiger partial charge in [-0.25, -0.2) is 4.57 Å². The van der Waals surface area contributed by atoms with Crippen LogP contribution in [-0.2, 0) is 32.7 Å². The standard InChI is InChI=1S/C44H78NO8P/c1-4-6-8-10-12-14-16-18-20-21-23-25-27-29-31-33-35-37-44(47)53-42(41-52-54(48,49)51-39-38-45-3)40-50-43(46)36-34-32-30-28-26-24-22-19-17-15-13-11-9-7-5-2/h6,8,12,14,18-20,22-23,25,42,45H,4-5,7,9-11,13,15-17,21,24,26-41H2,1-3H3,(H,48,49)/b8-6-,14-12-,20-18-,22-19-,25-23-. The molecule has 2 N–H and O–H groups in total. The molecule has 0 saturated carbocycles. The Bertz CT molecular complexity index is 1070. The number of hydrogen-bond donors (Lipinski definition) is 2. The monoisotopic (exact) mass is 780 g/mol. The maximum absolute atomic E-state index is 12.6. The van der Waals surface area contributed by atoms with Gasteiger partial charge < -0.3 is 19.7 Å². The Morgan fingerprint density at radius 1 is 0.593 bits per heavy atom. The van der Waals surface area contributed by atoms with Gasteiger partial charge in [0, 0.05) is 19.4 Å². The molecule has 0 aliphatic rings. The molecule has 0 fully saturated rings. The van der Waals surface area contributed by atoms with Gasteiger partial charge in [0.05, 0.1) is 13.2 Å². The Hall–Kier alpha value is -2.29. The first-order valence-corrected chi connectivity index (χ1v) is 22.7. The van der Waals surface area contributed by atoms with Crippen molar-refractivity contribution >= 4 is 19.8 Å². The van der Waals surface area contributed by atoms with Crippen LogP contribution in [-0.4, -0.2) is 56.3 Å². The van der Waals surface area contributed by atoms with Gasteiger partial charge >= 0.3 is 19.8 Å². The third-order valence-corrected chi connectivity index (χ3v) is 9.61. The molecule has 54 heavy (non-hydrogen) atoms. The van der Waals surface area contributed by atoms with Crippen LogP contribution < -0.4 is 5.32 Å². The van der Waals surface area contributed by atoms with Crippen molar-refractivity contribution in [1.82, 2.24) is 5.32 Å². The number of phosphoric acid groups is 1. The van der Waals surface area contributed by atoms with E-state index in [1.165, 1.54) is 44.9 Å². The number of rotatable bonds is 39. The molecule has 0 heterocycles. The Morgan fingerprint density at radius 2 is 1.06 bits per heavy atom. The number of carbonyl (C=O) groups excluding carboxylic acids is 2. The summed E-state index contributed by atoms with van der Waals surface area (Å²) in [5.74, 6) is -0.848. The Morgan fingerprint density at radius 3 is 1.59 bits per heavy atom. The SMILES string of the molecule is CC/C=C\C/C=C\C/C=C\C/C=C\CCCCCCC(=O)OC(COC(=O)CCCCCCC/C=C\CCCCCCCC)COP(=O)(O)OCCNC. The molecule has 0 aromatic carbocycles. The number of likely N-dealkylation sites (N-methyl/N-ethyl adjacent to an activating group) is 1. The van der Waals surface area contributed by atoms with E-state index < -0.39 is 26.5 Å². The van der Waals surface area contributed by atoms with E-state index in [1.807, 2.05) is 0 Å². The molecule has 0 aromatic rings. The zero-order valence-corrected chi connectivity index (χ0v) is 35.3. The van der Waals surface area contributed by atoms with Crippen molar-refractivity contribution < 1.29 is 37.6 Å². The molecular formula is C44H78NO8P. The second kappa shape index (κ2) is 40.4. The van der Waals surface area contributed by atoms with Gasteiger partial charge in [-0.15, -0.1) is 0 Å². The predicted octanol–water partition coefficient (Wildman–Crippen LogP) is 12.0. The first-order valence-electron chi connectivity index (χ1n) is 21.2. The zero-order chi connectivity index (χ0) is 39.6. The van der Waals surface area contributed by atoms with Gasteiger partial charge in [-0.3, -0.25) is 18.6 Å². The molecule has 0 saturated heterocycles. The van der Waals surface area contributed by atoms with Crippen LogP contribution in [0.2, 0.25) is 0 Å². The van der Waals surface area contributed by atoms with Crippen LogP contribution in [0.3, 0.4) is 0 Å². The molecule has 0 aromatic heterocycles. The number of ether oxygens (including phenoxy) is 2. The van der Waals surface area contributed by atoms with Gasteiger partial charge in [0.15, 0.2) is 6.10 Å². The lowest BCUT2D eigenvalue weighted by atomic mass is 10.1. The lowest BCUT2D eigenvalue weighted by Crippen LogP contribution is -2.29. The van der Waals surface area contributed by atoms with E-state index in [-0.39, 0.29) is 32.0 Å². The molecule has 2 atom stereocenters. The predicted molar refractivity (Wildman–Crippen MR) is 224 cm³/mol. The van der Waals surface area contributed by atoms with Crippen LogP contribution in [0.4, 0.5) is 0 Å². The summed E-state index contributed by atoms with van der Waals surface area (Å²) < 4.78 is 33.1. The Balaban J connectivity index is 4.31. The van der Waals surface area contributed by atoms with Crippen LogP contribution in [0.15, 0.2) is 60.8 Å². The number of hydrogen-bond acceptors (Lipinski definition) is 8. The lowest BCUT2D eigenvalue weighted by Gasteiger charge is -2.20. The molecule has 0 aliphatic heterocycles. The number of nitrogens with one attached hydrogen (secondary N) is 1.